The Bertz CT molecular complexity index is 1060. The molecule has 0 saturated carbocycles. The number of benzene rings is 1. The van der Waals surface area contributed by atoms with Crippen LogP contribution >= 0.6 is 12.6 Å². The standard InChI is InChI=1S/C19H15N5OS/c20-18-15(25)9-13(10-22-18)17-16(11-5-7-21-8-6-11)23-19(24-17)12-1-3-14(26)4-2-12/h1-10,25-26H,(H2,20,22)(H,23,24). The normalized spacial score (nSPS) is 10.8. The maximum Gasteiger partial charge on any atom is 0.165 e. The number of hydrogen-bond donors (Lipinski definition) is 4. The van der Waals surface area contributed by atoms with Crippen molar-refractivity contribution in [1.29, 1.82) is 0 Å². The van der Waals surface area contributed by atoms with Crippen molar-refractivity contribution in [3.05, 3.63) is 61.1 Å². The summed E-state index contributed by atoms with van der Waals surface area (Å²) in [5.41, 5.74) is 9.62. The number of aromatic nitrogens is 4. The molecule has 6 nitrogen and oxygen atoms in total. The molecule has 0 aliphatic heterocycles. The SMILES string of the molecule is Nc1ncc(-c2nc(-c3ccc(S)cc3)[nH]c2-c2ccncc2)cc1O. The van der Waals surface area contributed by atoms with Gasteiger partial charge in [0.15, 0.2) is 11.6 Å². The lowest BCUT2D eigenvalue weighted by Gasteiger charge is -2.04. The smallest absolute Gasteiger partial charge is 0.165 e. The fraction of sp³-hybridized carbons (Fsp3) is 0. The second-order valence-electron chi connectivity index (χ2n) is 5.72. The molecule has 3 aromatic heterocycles. The highest BCUT2D eigenvalue weighted by molar-refractivity contribution is 7.80. The van der Waals surface area contributed by atoms with Crippen molar-refractivity contribution in [2.75, 3.05) is 5.73 Å². The van der Waals surface area contributed by atoms with Gasteiger partial charge in [0.1, 0.15) is 5.82 Å². The molecule has 0 amide bonds. The summed E-state index contributed by atoms with van der Waals surface area (Å²) < 4.78 is 0. The largest absolute Gasteiger partial charge is 0.504 e. The van der Waals surface area contributed by atoms with E-state index >= 15 is 0 Å². The molecule has 7 heteroatoms. The van der Waals surface area contributed by atoms with E-state index in [1.54, 1.807) is 24.7 Å². The van der Waals surface area contributed by atoms with E-state index in [0.29, 0.717) is 17.1 Å². The number of nitrogen functional groups attached to an aromatic ring is 1. The van der Waals surface area contributed by atoms with Crippen LogP contribution in [0.25, 0.3) is 33.9 Å². The third-order valence-electron chi connectivity index (χ3n) is 3.98. The average Bonchev–Trinajstić information content (AvgIpc) is 3.11. The fourth-order valence-corrected chi connectivity index (χ4v) is 2.81. The Kier molecular flexibility index (Phi) is 4.06. The van der Waals surface area contributed by atoms with E-state index in [9.17, 15) is 5.11 Å². The topological polar surface area (TPSA) is 101 Å². The van der Waals surface area contributed by atoms with E-state index in [4.69, 9.17) is 10.7 Å². The third kappa shape index (κ3) is 3.00. The first-order valence-electron chi connectivity index (χ1n) is 7.86. The molecule has 1 aromatic carbocycles. The Morgan fingerprint density at radius 2 is 1.69 bits per heavy atom. The van der Waals surface area contributed by atoms with Crippen LogP contribution in [0, 0.1) is 0 Å². The van der Waals surface area contributed by atoms with E-state index in [2.05, 4.69) is 27.6 Å². The highest BCUT2D eigenvalue weighted by Gasteiger charge is 2.16. The van der Waals surface area contributed by atoms with Gasteiger partial charge in [-0.3, -0.25) is 4.98 Å². The number of pyridine rings is 2. The Morgan fingerprint density at radius 3 is 2.38 bits per heavy atom. The lowest BCUT2D eigenvalue weighted by atomic mass is 10.1. The van der Waals surface area contributed by atoms with Gasteiger partial charge in [-0.05, 0) is 30.3 Å². The Balaban J connectivity index is 1.90. The second kappa shape index (κ2) is 6.53. The fourth-order valence-electron chi connectivity index (χ4n) is 2.66. The minimum absolute atomic E-state index is 0.0767. The van der Waals surface area contributed by atoms with Crippen LogP contribution in [0.3, 0.4) is 0 Å². The minimum atomic E-state index is -0.0767. The summed E-state index contributed by atoms with van der Waals surface area (Å²) in [5, 5.41) is 9.93. The van der Waals surface area contributed by atoms with Crippen LogP contribution in [0.5, 0.6) is 5.75 Å². The monoisotopic (exact) mass is 361 g/mol. The number of aromatic amines is 1. The highest BCUT2D eigenvalue weighted by atomic mass is 32.1. The number of aromatic hydroxyl groups is 1. The molecule has 4 aromatic rings. The van der Waals surface area contributed by atoms with E-state index in [-0.39, 0.29) is 11.6 Å². The summed E-state index contributed by atoms with van der Waals surface area (Å²) in [6.45, 7) is 0. The van der Waals surface area contributed by atoms with Gasteiger partial charge in [-0.2, -0.15) is 0 Å². The molecule has 128 valence electrons. The van der Waals surface area contributed by atoms with Crippen LogP contribution in [0.15, 0.2) is 66.0 Å². The third-order valence-corrected chi connectivity index (χ3v) is 4.28. The first kappa shape index (κ1) is 16.2. The molecule has 0 saturated heterocycles. The van der Waals surface area contributed by atoms with Gasteiger partial charge in [-0.15, -0.1) is 12.6 Å². The molecular formula is C19H15N5OS. The van der Waals surface area contributed by atoms with Crippen LogP contribution < -0.4 is 5.73 Å². The maximum atomic E-state index is 9.93. The van der Waals surface area contributed by atoms with E-state index < -0.39 is 0 Å². The molecule has 4 rings (SSSR count). The number of thiol groups is 1. The van der Waals surface area contributed by atoms with E-state index in [1.165, 1.54) is 0 Å². The van der Waals surface area contributed by atoms with Gasteiger partial charge in [0, 0.05) is 40.2 Å². The summed E-state index contributed by atoms with van der Waals surface area (Å²) in [4.78, 5) is 17.1. The Morgan fingerprint density at radius 1 is 0.962 bits per heavy atom. The van der Waals surface area contributed by atoms with Crippen molar-refractivity contribution in [2.24, 2.45) is 0 Å². The molecule has 0 radical (unpaired) electrons. The zero-order chi connectivity index (χ0) is 18.1. The van der Waals surface area contributed by atoms with Gasteiger partial charge in [0.05, 0.1) is 11.4 Å². The molecule has 0 spiro atoms. The average molecular weight is 361 g/mol. The number of nitrogens with two attached hydrogens (primary N) is 1. The molecule has 4 N–H and O–H groups in total. The van der Waals surface area contributed by atoms with Crippen LogP contribution in [-0.4, -0.2) is 25.0 Å². The molecule has 0 aliphatic carbocycles. The predicted octanol–water partition coefficient (Wildman–Crippen LogP) is 3.78. The van der Waals surface area contributed by atoms with Gasteiger partial charge in [-0.25, -0.2) is 9.97 Å². The molecule has 0 bridgehead atoms. The van der Waals surface area contributed by atoms with Gasteiger partial charge in [-0.1, -0.05) is 12.1 Å². The van der Waals surface area contributed by atoms with Crippen molar-refractivity contribution < 1.29 is 5.11 Å². The first-order chi connectivity index (χ1) is 12.6. The molecule has 0 fully saturated rings. The summed E-state index contributed by atoms with van der Waals surface area (Å²) in [5.74, 6) is 0.711. The van der Waals surface area contributed by atoms with E-state index in [1.807, 2.05) is 36.4 Å². The lowest BCUT2D eigenvalue weighted by Crippen LogP contribution is -1.92. The highest BCUT2D eigenvalue weighted by Crippen LogP contribution is 2.34. The minimum Gasteiger partial charge on any atom is -0.504 e. The van der Waals surface area contributed by atoms with Crippen molar-refractivity contribution >= 4 is 18.4 Å². The molecule has 0 unspecified atom stereocenters. The zero-order valence-electron chi connectivity index (χ0n) is 13.6. The number of nitrogens with zero attached hydrogens (tertiary/aromatic N) is 3. The number of rotatable bonds is 3. The summed E-state index contributed by atoms with van der Waals surface area (Å²) in [6, 6.07) is 13.0. The second-order valence-corrected chi connectivity index (χ2v) is 6.24. The van der Waals surface area contributed by atoms with Crippen molar-refractivity contribution in [2.45, 2.75) is 4.90 Å². The predicted molar refractivity (Wildman–Crippen MR) is 104 cm³/mol. The number of hydrogen-bond acceptors (Lipinski definition) is 6. The summed E-state index contributed by atoms with van der Waals surface area (Å²) >= 11 is 4.32. The van der Waals surface area contributed by atoms with Crippen molar-refractivity contribution in [1.82, 2.24) is 19.9 Å². The summed E-state index contributed by atoms with van der Waals surface area (Å²) in [7, 11) is 0. The first-order valence-corrected chi connectivity index (χ1v) is 8.31. The molecule has 0 aliphatic rings. The summed E-state index contributed by atoms with van der Waals surface area (Å²) in [6.07, 6.45) is 5.03. The lowest BCUT2D eigenvalue weighted by molar-refractivity contribution is 0.476. The van der Waals surface area contributed by atoms with Gasteiger partial charge < -0.3 is 15.8 Å². The molecule has 3 heterocycles. The van der Waals surface area contributed by atoms with Crippen LogP contribution in [0.2, 0.25) is 0 Å². The Hall–Kier alpha value is -3.32. The molecular weight excluding hydrogens is 346 g/mol. The maximum absolute atomic E-state index is 9.93. The number of H-pyrrole nitrogens is 1. The van der Waals surface area contributed by atoms with Gasteiger partial charge >= 0.3 is 0 Å². The number of anilines is 1. The molecule has 26 heavy (non-hydrogen) atoms. The van der Waals surface area contributed by atoms with Crippen LogP contribution in [-0.2, 0) is 0 Å². The van der Waals surface area contributed by atoms with Crippen LogP contribution in [0.4, 0.5) is 5.82 Å². The van der Waals surface area contributed by atoms with Crippen LogP contribution in [0.1, 0.15) is 0 Å². The van der Waals surface area contributed by atoms with Crippen molar-refractivity contribution in [3.8, 4) is 39.7 Å². The zero-order valence-corrected chi connectivity index (χ0v) is 14.5. The van der Waals surface area contributed by atoms with Crippen molar-refractivity contribution in [3.63, 3.8) is 0 Å². The quantitative estimate of drug-likeness (QED) is 0.416. The number of nitrogens with one attached hydrogen (secondary N) is 1. The molecule has 0 atom stereocenters. The van der Waals surface area contributed by atoms with Gasteiger partial charge in [0.2, 0.25) is 0 Å². The number of imidazole rings is 1. The van der Waals surface area contributed by atoms with Gasteiger partial charge in [0.25, 0.3) is 0 Å². The van der Waals surface area contributed by atoms with E-state index in [0.717, 1.165) is 21.7 Å². The Labute approximate surface area is 155 Å².